The lowest BCUT2D eigenvalue weighted by atomic mass is 9.90. The third-order valence-corrected chi connectivity index (χ3v) is 5.30. The Kier molecular flexibility index (Phi) is 3.71. The fraction of sp³-hybridized carbons (Fsp3) is 0.571. The molecule has 0 aliphatic rings. The van der Waals surface area contributed by atoms with E-state index >= 15 is 0 Å². The maximum atomic E-state index is 12.7. The van der Waals surface area contributed by atoms with Crippen LogP contribution < -0.4 is 5.56 Å². The highest BCUT2D eigenvalue weighted by Crippen LogP contribution is 2.27. The molecule has 19 heavy (non-hydrogen) atoms. The van der Waals surface area contributed by atoms with Crippen LogP contribution in [0.25, 0.3) is 10.2 Å². The minimum atomic E-state index is 0.0436. The van der Waals surface area contributed by atoms with E-state index in [2.05, 4.69) is 25.8 Å². The molecule has 0 aliphatic carbocycles. The molecule has 1 N–H and O–H groups in total. The summed E-state index contributed by atoms with van der Waals surface area (Å²) < 4.78 is 2.24. The standard InChI is InChI=1S/C14H20N2OS2/c1-6-14(4,5)7-16-12(17)10-8(2)9(3)19-11(10)15-13(16)18/h6-7H2,1-5H3,(H,15,18). The first kappa shape index (κ1) is 14.5. The molecule has 2 aromatic heterocycles. The monoisotopic (exact) mass is 296 g/mol. The first-order valence-corrected chi connectivity index (χ1v) is 7.72. The van der Waals surface area contributed by atoms with Crippen LogP contribution in [-0.2, 0) is 6.54 Å². The predicted octanol–water partition coefficient (Wildman–Crippen LogP) is 4.17. The van der Waals surface area contributed by atoms with Crippen LogP contribution in [0.5, 0.6) is 0 Å². The molecule has 0 radical (unpaired) electrons. The average molecular weight is 296 g/mol. The second-order valence-corrected chi connectivity index (χ2v) is 7.44. The van der Waals surface area contributed by atoms with E-state index in [0.717, 1.165) is 22.2 Å². The molecule has 3 nitrogen and oxygen atoms in total. The summed E-state index contributed by atoms with van der Waals surface area (Å²) in [5.74, 6) is 0. The Morgan fingerprint density at radius 2 is 2.00 bits per heavy atom. The number of thiophene rings is 1. The fourth-order valence-electron chi connectivity index (χ4n) is 2.05. The highest BCUT2D eigenvalue weighted by molar-refractivity contribution is 7.71. The van der Waals surface area contributed by atoms with E-state index in [1.807, 2.05) is 13.8 Å². The van der Waals surface area contributed by atoms with E-state index in [0.29, 0.717) is 11.3 Å². The molecule has 2 heterocycles. The molecular weight excluding hydrogens is 276 g/mol. The van der Waals surface area contributed by atoms with E-state index in [1.165, 1.54) is 4.88 Å². The van der Waals surface area contributed by atoms with Crippen molar-refractivity contribution in [3.05, 3.63) is 25.6 Å². The number of rotatable bonds is 3. The molecule has 0 aromatic carbocycles. The number of aromatic amines is 1. The Hall–Kier alpha value is -0.940. The number of nitrogens with one attached hydrogen (secondary N) is 1. The number of nitrogens with zero attached hydrogens (tertiary/aromatic N) is 1. The maximum absolute atomic E-state index is 12.7. The Morgan fingerprint density at radius 1 is 1.37 bits per heavy atom. The molecule has 0 bridgehead atoms. The van der Waals surface area contributed by atoms with Gasteiger partial charge in [-0.05, 0) is 43.5 Å². The van der Waals surface area contributed by atoms with Crippen molar-refractivity contribution in [2.24, 2.45) is 5.41 Å². The molecule has 0 amide bonds. The third-order valence-electron chi connectivity index (χ3n) is 3.85. The van der Waals surface area contributed by atoms with Gasteiger partial charge in [-0.3, -0.25) is 9.36 Å². The van der Waals surface area contributed by atoms with Crippen molar-refractivity contribution < 1.29 is 0 Å². The van der Waals surface area contributed by atoms with E-state index < -0.39 is 0 Å². The SMILES string of the molecule is CCC(C)(C)Cn1c(=S)[nH]c2sc(C)c(C)c2c1=O. The van der Waals surface area contributed by atoms with Gasteiger partial charge >= 0.3 is 0 Å². The van der Waals surface area contributed by atoms with Gasteiger partial charge < -0.3 is 4.98 Å². The van der Waals surface area contributed by atoms with Crippen LogP contribution in [0.2, 0.25) is 0 Å². The van der Waals surface area contributed by atoms with Gasteiger partial charge in [0.05, 0.1) is 5.39 Å². The summed E-state index contributed by atoms with van der Waals surface area (Å²) in [5, 5.41) is 0.794. The fourth-order valence-corrected chi connectivity index (χ4v) is 3.41. The summed E-state index contributed by atoms with van der Waals surface area (Å²) in [5.41, 5.74) is 1.18. The lowest BCUT2D eigenvalue weighted by molar-refractivity contribution is 0.288. The van der Waals surface area contributed by atoms with Gasteiger partial charge in [-0.25, -0.2) is 0 Å². The Balaban J connectivity index is 2.73. The highest BCUT2D eigenvalue weighted by Gasteiger charge is 2.19. The van der Waals surface area contributed by atoms with Crippen molar-refractivity contribution in [1.29, 1.82) is 0 Å². The molecule has 0 fully saturated rings. The quantitative estimate of drug-likeness (QED) is 0.863. The molecule has 0 unspecified atom stereocenters. The van der Waals surface area contributed by atoms with Crippen LogP contribution in [0.15, 0.2) is 4.79 Å². The van der Waals surface area contributed by atoms with E-state index in [1.54, 1.807) is 15.9 Å². The second kappa shape index (κ2) is 4.87. The molecule has 5 heteroatoms. The number of hydrogen-bond acceptors (Lipinski definition) is 3. The molecule has 0 aliphatic heterocycles. The van der Waals surface area contributed by atoms with Crippen molar-refractivity contribution in [3.63, 3.8) is 0 Å². The summed E-state index contributed by atoms with van der Waals surface area (Å²) in [6, 6.07) is 0. The van der Waals surface area contributed by atoms with E-state index in [4.69, 9.17) is 12.2 Å². The van der Waals surface area contributed by atoms with Crippen molar-refractivity contribution in [3.8, 4) is 0 Å². The summed E-state index contributed by atoms with van der Waals surface area (Å²) in [6.45, 7) is 11.1. The summed E-state index contributed by atoms with van der Waals surface area (Å²) in [7, 11) is 0. The molecule has 0 atom stereocenters. The zero-order chi connectivity index (χ0) is 14.4. The average Bonchev–Trinajstić information content (AvgIpc) is 2.60. The van der Waals surface area contributed by atoms with Crippen LogP contribution in [0.3, 0.4) is 0 Å². The normalized spacial score (nSPS) is 12.3. The van der Waals surface area contributed by atoms with Crippen molar-refractivity contribution in [2.45, 2.75) is 47.6 Å². The minimum absolute atomic E-state index is 0.0436. The molecule has 0 saturated carbocycles. The first-order chi connectivity index (χ1) is 8.76. The minimum Gasteiger partial charge on any atom is -0.323 e. The van der Waals surface area contributed by atoms with E-state index in [9.17, 15) is 4.79 Å². The molecule has 2 aromatic rings. The second-order valence-electron chi connectivity index (χ2n) is 5.83. The van der Waals surface area contributed by atoms with Crippen LogP contribution in [0.1, 0.15) is 37.6 Å². The van der Waals surface area contributed by atoms with Gasteiger partial charge in [0, 0.05) is 11.4 Å². The lowest BCUT2D eigenvalue weighted by Crippen LogP contribution is -2.29. The summed E-state index contributed by atoms with van der Waals surface area (Å²) in [4.78, 5) is 17.9. The van der Waals surface area contributed by atoms with Gasteiger partial charge in [0.2, 0.25) is 0 Å². The van der Waals surface area contributed by atoms with Gasteiger partial charge in [-0.15, -0.1) is 11.3 Å². The van der Waals surface area contributed by atoms with Crippen LogP contribution in [0.4, 0.5) is 0 Å². The number of aryl methyl sites for hydroxylation is 2. The highest BCUT2D eigenvalue weighted by atomic mass is 32.1. The first-order valence-electron chi connectivity index (χ1n) is 6.49. The number of fused-ring (bicyclic) bond motifs is 1. The van der Waals surface area contributed by atoms with Crippen molar-refractivity contribution in [1.82, 2.24) is 9.55 Å². The zero-order valence-electron chi connectivity index (χ0n) is 12.1. The van der Waals surface area contributed by atoms with Gasteiger partial charge in [0.15, 0.2) is 4.77 Å². The number of H-pyrrole nitrogens is 1. The zero-order valence-corrected chi connectivity index (χ0v) is 13.7. The smallest absolute Gasteiger partial charge is 0.263 e. The molecule has 2 rings (SSSR count). The van der Waals surface area contributed by atoms with Gasteiger partial charge in [0.1, 0.15) is 4.83 Å². The number of hydrogen-bond donors (Lipinski definition) is 1. The summed E-state index contributed by atoms with van der Waals surface area (Å²) >= 11 is 6.95. The Bertz CT molecular complexity index is 734. The van der Waals surface area contributed by atoms with Crippen LogP contribution >= 0.6 is 23.6 Å². The molecule has 0 saturated heterocycles. The predicted molar refractivity (Wildman–Crippen MR) is 84.8 cm³/mol. The van der Waals surface area contributed by atoms with Gasteiger partial charge in [-0.1, -0.05) is 20.8 Å². The van der Waals surface area contributed by atoms with E-state index in [-0.39, 0.29) is 11.0 Å². The van der Waals surface area contributed by atoms with Crippen LogP contribution in [0, 0.1) is 24.0 Å². The largest absolute Gasteiger partial charge is 0.323 e. The Labute approximate surface area is 122 Å². The lowest BCUT2D eigenvalue weighted by Gasteiger charge is -2.23. The van der Waals surface area contributed by atoms with Gasteiger partial charge in [-0.2, -0.15) is 0 Å². The Morgan fingerprint density at radius 3 is 2.58 bits per heavy atom. The third kappa shape index (κ3) is 2.54. The molecular formula is C14H20N2OS2. The maximum Gasteiger partial charge on any atom is 0.263 e. The van der Waals surface area contributed by atoms with Crippen molar-refractivity contribution >= 4 is 33.8 Å². The summed E-state index contributed by atoms with van der Waals surface area (Å²) in [6.07, 6.45) is 1.01. The molecule has 0 spiro atoms. The van der Waals surface area contributed by atoms with Crippen molar-refractivity contribution in [2.75, 3.05) is 0 Å². The van der Waals surface area contributed by atoms with Crippen LogP contribution in [-0.4, -0.2) is 9.55 Å². The van der Waals surface area contributed by atoms with Gasteiger partial charge in [0.25, 0.3) is 5.56 Å². The number of aromatic nitrogens is 2. The topological polar surface area (TPSA) is 37.8 Å². The molecule has 104 valence electrons.